The first-order valence-corrected chi connectivity index (χ1v) is 8.06. The Balaban J connectivity index is 3.56. The molecule has 0 aliphatic rings. The summed E-state index contributed by atoms with van der Waals surface area (Å²) < 4.78 is 3.12. The first kappa shape index (κ1) is 11.9. The van der Waals surface area contributed by atoms with E-state index in [2.05, 4.69) is 4.43 Å². The van der Waals surface area contributed by atoms with Gasteiger partial charge >= 0.3 is 6.25 Å². The molecule has 0 aromatic carbocycles. The molecule has 62 valence electrons. The van der Waals surface area contributed by atoms with Gasteiger partial charge in [-0.2, -0.15) is 0 Å². The molecule has 0 aromatic rings. The van der Waals surface area contributed by atoms with Crippen LogP contribution in [-0.2, 0) is 4.43 Å². The molecule has 1 nitrogen and oxygen atoms in total. The number of hydrogen-bond donors (Lipinski definition) is 0. The van der Waals surface area contributed by atoms with Crippen molar-refractivity contribution in [3.05, 3.63) is 0 Å². The summed E-state index contributed by atoms with van der Waals surface area (Å²) in [5.41, 5.74) is 0. The Kier molecular flexibility index (Phi) is 5.05. The van der Waals surface area contributed by atoms with Crippen LogP contribution in [0.5, 0.6) is 0 Å². The average Bonchev–Trinajstić information content (AvgIpc) is 1.57. The highest BCUT2D eigenvalue weighted by Gasteiger charge is 2.32. The molecule has 0 rings (SSSR count). The lowest BCUT2D eigenvalue weighted by molar-refractivity contribution is 0.344. The molecule has 0 aliphatic carbocycles. The lowest BCUT2D eigenvalue weighted by atomic mass is 10.9. The Morgan fingerprint density at radius 3 is 1.60 bits per heavy atom. The Bertz CT molecular complexity index is 89.3. The second kappa shape index (κ2) is 4.24. The number of alkyl halides is 3. The summed E-state index contributed by atoms with van der Waals surface area (Å²) in [5.74, 6) is 0. The van der Waals surface area contributed by atoms with Gasteiger partial charge in [-0.15, -0.1) is 0 Å². The van der Waals surface area contributed by atoms with Crippen LogP contribution < -0.4 is 0 Å². The van der Waals surface area contributed by atoms with Gasteiger partial charge < -0.3 is 4.43 Å². The minimum atomic E-state index is -3.10. The van der Waals surface area contributed by atoms with Crippen molar-refractivity contribution >= 4 is 74.3 Å². The van der Waals surface area contributed by atoms with E-state index >= 15 is 0 Å². The topological polar surface area (TPSA) is 9.23 Å². The zero-order chi connectivity index (χ0) is 8.41. The van der Waals surface area contributed by atoms with Crippen molar-refractivity contribution in [1.29, 1.82) is 0 Å². The van der Waals surface area contributed by atoms with Crippen LogP contribution in [0.4, 0.5) is 0 Å². The molecule has 0 spiro atoms. The van der Waals surface area contributed by atoms with E-state index in [0.29, 0.717) is 0 Å². The lowest BCUT2D eigenvalue weighted by Gasteiger charge is -2.14. The minimum Gasteiger partial charge on any atom is -0.377 e. The van der Waals surface area contributed by atoms with Crippen LogP contribution in [0.1, 0.15) is 0 Å². The Morgan fingerprint density at radius 1 is 1.10 bits per heavy atom. The zero-order valence-corrected chi connectivity index (χ0v) is 9.92. The molecule has 0 N–H and O–H groups in total. The van der Waals surface area contributed by atoms with Crippen LogP contribution in [0.15, 0.2) is 0 Å². The smallest absolute Gasteiger partial charge is 0.377 e. The highest BCUT2D eigenvalue weighted by Crippen LogP contribution is 2.30. The van der Waals surface area contributed by atoms with Crippen LogP contribution >= 0.6 is 68.0 Å². The van der Waals surface area contributed by atoms with Gasteiger partial charge in [0, 0.05) is 0 Å². The highest BCUT2D eigenvalue weighted by molar-refractivity contribution is 7.62. The Morgan fingerprint density at radius 2 is 1.50 bits per heavy atom. The summed E-state index contributed by atoms with van der Waals surface area (Å²) in [6.45, 7) is -0.208. The van der Waals surface area contributed by atoms with Crippen molar-refractivity contribution in [1.82, 2.24) is 0 Å². The van der Waals surface area contributed by atoms with Gasteiger partial charge in [-0.25, -0.2) is 0 Å². The maximum atomic E-state index is 5.31. The lowest BCUT2D eigenvalue weighted by Crippen LogP contribution is -2.24. The molecule has 0 bridgehead atoms. The van der Waals surface area contributed by atoms with E-state index in [9.17, 15) is 0 Å². The predicted molar refractivity (Wildman–Crippen MR) is 49.6 cm³/mol. The van der Waals surface area contributed by atoms with Gasteiger partial charge in [0.05, 0.1) is 6.61 Å². The van der Waals surface area contributed by atoms with E-state index in [1.165, 1.54) is 0 Å². The van der Waals surface area contributed by atoms with Crippen molar-refractivity contribution in [2.45, 2.75) is 3.79 Å². The fourth-order valence-corrected chi connectivity index (χ4v) is 1.47. The SMILES string of the molecule is ClC(Cl)(Cl)CO[Si](Cl)(Cl)Cl. The van der Waals surface area contributed by atoms with Gasteiger partial charge in [0.2, 0.25) is 3.79 Å². The zero-order valence-electron chi connectivity index (χ0n) is 4.38. The third-order valence-electron chi connectivity index (χ3n) is 0.399. The quantitative estimate of drug-likeness (QED) is 0.428. The van der Waals surface area contributed by atoms with Gasteiger partial charge in [-0.3, -0.25) is 0 Å². The van der Waals surface area contributed by atoms with E-state index < -0.39 is 10.0 Å². The van der Waals surface area contributed by atoms with Crippen molar-refractivity contribution in [3.8, 4) is 0 Å². The van der Waals surface area contributed by atoms with E-state index in [1.807, 2.05) is 0 Å². The second-order valence-corrected chi connectivity index (χ2v) is 11.6. The molecule has 0 saturated heterocycles. The molecule has 0 aromatic heterocycles. The van der Waals surface area contributed by atoms with Crippen molar-refractivity contribution in [2.24, 2.45) is 0 Å². The van der Waals surface area contributed by atoms with Crippen LogP contribution in [0.3, 0.4) is 0 Å². The highest BCUT2D eigenvalue weighted by atomic mass is 35.8. The minimum absolute atomic E-state index is 0.208. The summed E-state index contributed by atoms with van der Waals surface area (Å²) in [6.07, 6.45) is -3.10. The van der Waals surface area contributed by atoms with Gasteiger partial charge in [0.15, 0.2) is 0 Å². The summed E-state index contributed by atoms with van der Waals surface area (Å²) >= 11 is 31.8. The van der Waals surface area contributed by atoms with Crippen molar-refractivity contribution in [3.63, 3.8) is 0 Å². The van der Waals surface area contributed by atoms with E-state index in [1.54, 1.807) is 0 Å². The number of hydrogen-bond acceptors (Lipinski definition) is 1. The predicted octanol–water partition coefficient (Wildman–Crippen LogP) is 3.53. The van der Waals surface area contributed by atoms with E-state index in [4.69, 9.17) is 68.0 Å². The second-order valence-electron chi connectivity index (χ2n) is 1.35. The normalized spacial score (nSPS) is 13.8. The third kappa shape index (κ3) is 9.92. The summed E-state index contributed by atoms with van der Waals surface area (Å²) in [6, 6.07) is 0. The van der Waals surface area contributed by atoms with Crippen LogP contribution in [0, 0.1) is 0 Å². The molecule has 0 saturated carbocycles. The summed E-state index contributed by atoms with van der Waals surface area (Å²) in [4.78, 5) is 0. The first-order chi connectivity index (χ1) is 4.21. The monoisotopic (exact) mass is 280 g/mol. The summed E-state index contributed by atoms with van der Waals surface area (Å²) in [5, 5.41) is 0. The molecule has 0 unspecified atom stereocenters. The molecule has 0 heterocycles. The molecule has 8 heteroatoms. The van der Waals surface area contributed by atoms with Crippen LogP contribution in [0.25, 0.3) is 0 Å². The third-order valence-corrected chi connectivity index (χ3v) is 2.18. The Labute approximate surface area is 88.7 Å². The van der Waals surface area contributed by atoms with E-state index in [0.717, 1.165) is 0 Å². The largest absolute Gasteiger partial charge is 0.494 e. The number of rotatable bonds is 2. The first-order valence-electron chi connectivity index (χ1n) is 1.98. The van der Waals surface area contributed by atoms with Gasteiger partial charge in [0.25, 0.3) is 0 Å². The number of halogens is 6. The molecule has 0 fully saturated rings. The van der Waals surface area contributed by atoms with E-state index in [-0.39, 0.29) is 6.61 Å². The van der Waals surface area contributed by atoms with Gasteiger partial charge in [-0.1, -0.05) is 68.0 Å². The molecule has 0 aliphatic heterocycles. The van der Waals surface area contributed by atoms with Crippen molar-refractivity contribution < 1.29 is 4.43 Å². The average molecular weight is 283 g/mol. The molecular formula is C2H2Cl6OSi. The Hall–Kier alpha value is 1.92. The summed E-state index contributed by atoms with van der Waals surface area (Å²) in [7, 11) is 0. The molecule has 10 heavy (non-hydrogen) atoms. The van der Waals surface area contributed by atoms with Crippen LogP contribution in [-0.4, -0.2) is 16.6 Å². The molecular weight excluding hydrogens is 281 g/mol. The van der Waals surface area contributed by atoms with Gasteiger partial charge in [0.1, 0.15) is 0 Å². The standard InChI is InChI=1S/C2H2Cl6OSi/c3-2(4,5)1-9-10(6,7)8/h1H2. The maximum absolute atomic E-state index is 5.31. The molecule has 0 radical (unpaired) electrons. The molecule has 0 atom stereocenters. The fraction of sp³-hybridized carbons (Fsp3) is 1.00. The van der Waals surface area contributed by atoms with Crippen LogP contribution in [0.2, 0.25) is 0 Å². The van der Waals surface area contributed by atoms with Gasteiger partial charge in [-0.05, 0) is 0 Å². The maximum Gasteiger partial charge on any atom is 0.494 e. The molecule has 0 amide bonds. The fourth-order valence-electron chi connectivity index (χ4n) is 0.164. The van der Waals surface area contributed by atoms with Crippen molar-refractivity contribution in [2.75, 3.05) is 6.61 Å².